The third-order valence-electron chi connectivity index (χ3n) is 6.54. The summed E-state index contributed by atoms with van der Waals surface area (Å²) in [6, 6.07) is 7.49. The molecule has 5 rings (SSSR count). The molecule has 2 atom stereocenters. The number of rotatable bonds is 6. The van der Waals surface area contributed by atoms with Gasteiger partial charge >= 0.3 is 0 Å². The Balaban J connectivity index is 1.41. The molecule has 2 aliphatic heterocycles. The van der Waals surface area contributed by atoms with Crippen molar-refractivity contribution in [2.24, 2.45) is 17.6 Å². The molecule has 12 heteroatoms. The van der Waals surface area contributed by atoms with Crippen LogP contribution in [0.2, 0.25) is 0 Å². The van der Waals surface area contributed by atoms with Gasteiger partial charge in [-0.1, -0.05) is 0 Å². The van der Waals surface area contributed by atoms with Gasteiger partial charge in [-0.05, 0) is 46.6 Å². The van der Waals surface area contributed by atoms with Crippen LogP contribution in [0.1, 0.15) is 11.1 Å². The zero-order chi connectivity index (χ0) is 25.3. The third-order valence-corrected chi connectivity index (χ3v) is 6.95. The Hall–Kier alpha value is -3.53. The summed E-state index contributed by atoms with van der Waals surface area (Å²) in [5.41, 5.74) is 8.16. The minimum atomic E-state index is -1.03. The van der Waals surface area contributed by atoms with Crippen molar-refractivity contribution in [3.8, 4) is 17.7 Å². The van der Waals surface area contributed by atoms with E-state index in [1.165, 1.54) is 13.4 Å². The minimum absolute atomic E-state index is 0.158. The van der Waals surface area contributed by atoms with Gasteiger partial charge in [-0.2, -0.15) is 10.2 Å². The Morgan fingerprint density at radius 3 is 2.56 bits per heavy atom. The monoisotopic (exact) mass is 552 g/mol. The van der Waals surface area contributed by atoms with Gasteiger partial charge in [0.05, 0.1) is 48.3 Å². The lowest BCUT2D eigenvalue weighted by Gasteiger charge is -2.52. The first kappa shape index (κ1) is 24.2. The molecule has 186 valence electrons. The van der Waals surface area contributed by atoms with E-state index in [9.17, 15) is 0 Å². The first-order valence-corrected chi connectivity index (χ1v) is 12.2. The maximum atomic E-state index is 9.14. The molecule has 0 radical (unpaired) electrons. The molecule has 3 N–H and O–H groups in total. The fourth-order valence-electron chi connectivity index (χ4n) is 4.61. The lowest BCUT2D eigenvalue weighted by Crippen LogP contribution is -2.71. The summed E-state index contributed by atoms with van der Waals surface area (Å²) in [5, 5.41) is 12.4. The molecule has 36 heavy (non-hydrogen) atoms. The quantitative estimate of drug-likeness (QED) is 0.435. The highest BCUT2D eigenvalue weighted by Gasteiger charge is 2.53. The molecule has 0 amide bonds. The first-order valence-electron chi connectivity index (χ1n) is 11.4. The summed E-state index contributed by atoms with van der Waals surface area (Å²) >= 11 is 3.38. The van der Waals surface area contributed by atoms with E-state index >= 15 is 0 Å². The van der Waals surface area contributed by atoms with Crippen molar-refractivity contribution in [3.05, 3.63) is 52.5 Å². The van der Waals surface area contributed by atoms with Crippen LogP contribution in [-0.4, -0.2) is 59.1 Å². The van der Waals surface area contributed by atoms with Crippen molar-refractivity contribution in [2.45, 2.75) is 12.6 Å². The van der Waals surface area contributed by atoms with Gasteiger partial charge in [0, 0.05) is 31.2 Å². The number of anilines is 3. The van der Waals surface area contributed by atoms with Gasteiger partial charge < -0.3 is 24.4 Å². The summed E-state index contributed by atoms with van der Waals surface area (Å²) in [6.45, 7) is 3.91. The molecule has 2 aromatic heterocycles. The fraction of sp³-hybridized carbons (Fsp3) is 0.375. The van der Waals surface area contributed by atoms with Gasteiger partial charge in [0.1, 0.15) is 6.33 Å². The smallest absolute Gasteiger partial charge is 0.264 e. The second kappa shape index (κ2) is 9.85. The number of nitrogens with zero attached hydrogens (tertiary/aromatic N) is 6. The van der Waals surface area contributed by atoms with Gasteiger partial charge in [-0.3, -0.25) is 5.73 Å². The van der Waals surface area contributed by atoms with E-state index in [4.69, 9.17) is 25.2 Å². The van der Waals surface area contributed by atoms with Gasteiger partial charge in [0.15, 0.2) is 11.5 Å². The van der Waals surface area contributed by atoms with E-state index in [-0.39, 0.29) is 17.7 Å². The van der Waals surface area contributed by atoms with Crippen molar-refractivity contribution >= 4 is 33.4 Å². The highest BCUT2D eigenvalue weighted by Crippen LogP contribution is 2.41. The topological polar surface area (TPSA) is 144 Å². The number of hydrogen-bond acceptors (Lipinski definition) is 11. The molecule has 0 spiro atoms. The molecule has 0 saturated carbocycles. The van der Waals surface area contributed by atoms with Gasteiger partial charge in [0.25, 0.3) is 5.88 Å². The van der Waals surface area contributed by atoms with Crippen molar-refractivity contribution in [1.29, 1.82) is 5.26 Å². The average Bonchev–Trinajstić information content (AvgIpc) is 2.85. The average molecular weight is 553 g/mol. The van der Waals surface area contributed by atoms with Crippen molar-refractivity contribution in [2.75, 3.05) is 43.6 Å². The molecule has 1 aromatic carbocycles. The zero-order valence-corrected chi connectivity index (χ0v) is 21.4. The highest BCUT2D eigenvalue weighted by molar-refractivity contribution is 9.10. The van der Waals surface area contributed by atoms with Crippen molar-refractivity contribution in [1.82, 2.24) is 19.9 Å². The second-order valence-electron chi connectivity index (χ2n) is 8.82. The summed E-state index contributed by atoms with van der Waals surface area (Å²) in [7, 11) is 1.53. The number of nitrogens with one attached hydrogen (secondary N) is 1. The van der Waals surface area contributed by atoms with Crippen LogP contribution < -0.4 is 25.4 Å². The Morgan fingerprint density at radius 1 is 1.19 bits per heavy atom. The maximum Gasteiger partial charge on any atom is 0.264 e. The molecule has 4 heterocycles. The molecule has 3 aromatic rings. The standard InChI is InChI=1S/C24H25BrN8O3/c1-14-5-15(6-26)3-4-19(14)32-21-20(34-2)22(31-13-30-21)36-24(27)16-9-33(10-17(24)12-35-11-16)23-28-7-18(25)8-29-23/h3-5,7-8,13,16-17H,9-12,27H2,1-2H3,(H,30,31,32). The normalized spacial score (nSPS) is 23.0. The summed E-state index contributed by atoms with van der Waals surface area (Å²) < 4.78 is 18.8. The van der Waals surface area contributed by atoms with Crippen molar-refractivity contribution < 1.29 is 14.2 Å². The number of piperidine rings is 1. The molecule has 11 nitrogen and oxygen atoms in total. The van der Waals surface area contributed by atoms with Crippen molar-refractivity contribution in [3.63, 3.8) is 0 Å². The number of nitrogens with two attached hydrogens (primary N) is 1. The summed E-state index contributed by atoms with van der Waals surface area (Å²) in [4.78, 5) is 19.7. The van der Waals surface area contributed by atoms with Crippen LogP contribution in [0.5, 0.6) is 11.6 Å². The Labute approximate surface area is 216 Å². The predicted octanol–water partition coefficient (Wildman–Crippen LogP) is 2.78. The number of halogens is 1. The lowest BCUT2D eigenvalue weighted by atomic mass is 9.79. The number of aryl methyl sites for hydroxylation is 1. The van der Waals surface area contributed by atoms with Crippen LogP contribution in [0.4, 0.5) is 17.5 Å². The van der Waals surface area contributed by atoms with E-state index in [1.807, 2.05) is 13.0 Å². The number of fused-ring (bicyclic) bond motifs is 2. The third kappa shape index (κ3) is 4.53. The predicted molar refractivity (Wildman–Crippen MR) is 135 cm³/mol. The van der Waals surface area contributed by atoms with Gasteiger partial charge in [-0.15, -0.1) is 0 Å². The van der Waals surface area contributed by atoms with E-state index < -0.39 is 5.72 Å². The van der Waals surface area contributed by atoms with E-state index in [2.05, 4.69) is 52.2 Å². The first-order chi connectivity index (χ1) is 17.4. The molecular weight excluding hydrogens is 528 g/mol. The number of nitriles is 1. The van der Waals surface area contributed by atoms with E-state index in [1.54, 1.807) is 24.5 Å². The summed E-state index contributed by atoms with van der Waals surface area (Å²) in [6.07, 6.45) is 4.86. The number of ether oxygens (including phenoxy) is 3. The Kier molecular flexibility index (Phi) is 6.61. The molecule has 2 aliphatic rings. The Bertz CT molecular complexity index is 1290. The van der Waals surface area contributed by atoms with Gasteiger partial charge in [0.2, 0.25) is 11.7 Å². The second-order valence-corrected chi connectivity index (χ2v) is 9.74. The number of methoxy groups -OCH3 is 1. The minimum Gasteiger partial charge on any atom is -0.489 e. The van der Waals surface area contributed by atoms with Crippen LogP contribution in [0.15, 0.2) is 41.4 Å². The largest absolute Gasteiger partial charge is 0.489 e. The van der Waals surface area contributed by atoms with E-state index in [0.717, 1.165) is 15.7 Å². The van der Waals surface area contributed by atoms with Crippen LogP contribution in [0.25, 0.3) is 0 Å². The number of benzene rings is 1. The number of hydrogen-bond donors (Lipinski definition) is 2. The summed E-state index contributed by atoms with van der Waals surface area (Å²) in [5.74, 6) is 1.34. The molecule has 2 bridgehead atoms. The maximum absolute atomic E-state index is 9.14. The Morgan fingerprint density at radius 2 is 1.92 bits per heavy atom. The molecule has 0 aliphatic carbocycles. The van der Waals surface area contributed by atoms with Crippen LogP contribution in [-0.2, 0) is 4.74 Å². The van der Waals surface area contributed by atoms with Crippen LogP contribution in [0.3, 0.4) is 0 Å². The highest BCUT2D eigenvalue weighted by atomic mass is 79.9. The van der Waals surface area contributed by atoms with Gasteiger partial charge in [-0.25, -0.2) is 15.0 Å². The molecule has 2 saturated heterocycles. The lowest BCUT2D eigenvalue weighted by molar-refractivity contribution is -0.146. The fourth-order valence-corrected chi connectivity index (χ4v) is 4.82. The van der Waals surface area contributed by atoms with Crippen LogP contribution in [0, 0.1) is 30.1 Å². The molecule has 2 fully saturated rings. The van der Waals surface area contributed by atoms with Crippen LogP contribution >= 0.6 is 15.9 Å². The van der Waals surface area contributed by atoms with E-state index in [0.29, 0.717) is 49.4 Å². The molecular formula is C24H25BrN8O3. The number of aromatic nitrogens is 4. The zero-order valence-electron chi connectivity index (χ0n) is 19.8. The SMILES string of the molecule is COc1c(Nc2ccc(C#N)cc2C)ncnc1OC1(N)C2COCC1CN(c1ncc(Br)cn1)C2. The molecule has 2 unspecified atom stereocenters.